The SMILES string of the molecule is CN(C)c1ccc(C(c2ccccc2)c2ccc(Br)cc2O)cc1. The number of halogens is 1. The molecule has 0 saturated heterocycles. The van der Waals surface area contributed by atoms with Crippen LogP contribution in [0.3, 0.4) is 0 Å². The van der Waals surface area contributed by atoms with Crippen LogP contribution in [-0.4, -0.2) is 19.2 Å². The molecule has 0 spiro atoms. The van der Waals surface area contributed by atoms with Crippen molar-refractivity contribution in [2.45, 2.75) is 5.92 Å². The van der Waals surface area contributed by atoms with Gasteiger partial charge in [0.1, 0.15) is 5.75 Å². The first kappa shape index (κ1) is 16.6. The van der Waals surface area contributed by atoms with Crippen molar-refractivity contribution in [3.63, 3.8) is 0 Å². The summed E-state index contributed by atoms with van der Waals surface area (Å²) in [6.07, 6.45) is 0. The van der Waals surface area contributed by atoms with Crippen molar-refractivity contribution in [3.8, 4) is 5.75 Å². The molecule has 3 aromatic rings. The third-order valence-electron chi connectivity index (χ3n) is 4.18. The zero-order valence-corrected chi connectivity index (χ0v) is 15.4. The molecule has 0 aliphatic heterocycles. The number of hydrogen-bond donors (Lipinski definition) is 1. The maximum Gasteiger partial charge on any atom is 0.120 e. The van der Waals surface area contributed by atoms with E-state index in [0.29, 0.717) is 5.75 Å². The molecule has 1 N–H and O–H groups in total. The Kier molecular flexibility index (Phi) is 4.91. The van der Waals surface area contributed by atoms with Crippen LogP contribution >= 0.6 is 15.9 Å². The molecule has 3 rings (SSSR count). The van der Waals surface area contributed by atoms with E-state index < -0.39 is 0 Å². The minimum absolute atomic E-state index is 0.00416. The van der Waals surface area contributed by atoms with Gasteiger partial charge in [-0.25, -0.2) is 0 Å². The van der Waals surface area contributed by atoms with Crippen molar-refractivity contribution in [1.82, 2.24) is 0 Å². The molecular weight excluding hydrogens is 362 g/mol. The Labute approximate surface area is 151 Å². The van der Waals surface area contributed by atoms with Crippen molar-refractivity contribution in [3.05, 3.63) is 94.0 Å². The van der Waals surface area contributed by atoms with Crippen LogP contribution in [0.2, 0.25) is 0 Å². The summed E-state index contributed by atoms with van der Waals surface area (Å²) >= 11 is 3.42. The minimum atomic E-state index is -0.00416. The summed E-state index contributed by atoms with van der Waals surface area (Å²) in [4.78, 5) is 2.08. The Morgan fingerprint density at radius 1 is 0.833 bits per heavy atom. The molecule has 0 aromatic heterocycles. The van der Waals surface area contributed by atoms with Crippen LogP contribution in [-0.2, 0) is 0 Å². The molecule has 0 heterocycles. The summed E-state index contributed by atoms with van der Waals surface area (Å²) in [6, 6.07) is 24.5. The van der Waals surface area contributed by atoms with E-state index in [2.05, 4.69) is 57.2 Å². The number of rotatable bonds is 4. The molecule has 1 unspecified atom stereocenters. The Balaban J connectivity index is 2.12. The van der Waals surface area contributed by atoms with Gasteiger partial charge in [0.05, 0.1) is 0 Å². The number of nitrogens with zero attached hydrogens (tertiary/aromatic N) is 1. The quantitative estimate of drug-likeness (QED) is 0.611. The highest BCUT2D eigenvalue weighted by atomic mass is 79.9. The van der Waals surface area contributed by atoms with Gasteiger partial charge < -0.3 is 10.0 Å². The molecule has 0 amide bonds. The van der Waals surface area contributed by atoms with Crippen LogP contribution in [0.1, 0.15) is 22.6 Å². The second kappa shape index (κ2) is 7.10. The fourth-order valence-corrected chi connectivity index (χ4v) is 3.27. The third-order valence-corrected chi connectivity index (χ3v) is 4.67. The summed E-state index contributed by atoms with van der Waals surface area (Å²) in [5.74, 6) is 0.297. The molecule has 1 atom stereocenters. The first-order chi connectivity index (χ1) is 11.6. The molecule has 0 aliphatic rings. The Bertz CT molecular complexity index is 813. The largest absolute Gasteiger partial charge is 0.508 e. The molecule has 0 saturated carbocycles. The van der Waals surface area contributed by atoms with E-state index in [-0.39, 0.29) is 5.92 Å². The van der Waals surface area contributed by atoms with Gasteiger partial charge in [-0.3, -0.25) is 0 Å². The predicted octanol–water partition coefficient (Wildman–Crippen LogP) is 5.40. The van der Waals surface area contributed by atoms with E-state index in [4.69, 9.17) is 0 Å². The van der Waals surface area contributed by atoms with E-state index in [0.717, 1.165) is 26.9 Å². The average Bonchev–Trinajstić information content (AvgIpc) is 2.58. The number of phenolic OH excluding ortho intramolecular Hbond substituents is 1. The Hall–Kier alpha value is -2.26. The average molecular weight is 382 g/mol. The van der Waals surface area contributed by atoms with Gasteiger partial charge in [-0.15, -0.1) is 0 Å². The van der Waals surface area contributed by atoms with E-state index in [9.17, 15) is 5.11 Å². The molecule has 0 fully saturated rings. The van der Waals surface area contributed by atoms with Gasteiger partial charge in [0, 0.05) is 35.7 Å². The lowest BCUT2D eigenvalue weighted by atomic mass is 9.84. The monoisotopic (exact) mass is 381 g/mol. The standard InChI is InChI=1S/C21H20BrNO/c1-23(2)18-11-8-16(9-12-18)21(15-6-4-3-5-7-15)19-13-10-17(22)14-20(19)24/h3-14,21,24H,1-2H3. The van der Waals surface area contributed by atoms with Crippen LogP contribution in [0.5, 0.6) is 5.75 Å². The van der Waals surface area contributed by atoms with Crippen molar-refractivity contribution in [2.75, 3.05) is 19.0 Å². The second-order valence-electron chi connectivity index (χ2n) is 6.03. The van der Waals surface area contributed by atoms with Gasteiger partial charge in [-0.1, -0.05) is 64.5 Å². The lowest BCUT2D eigenvalue weighted by Crippen LogP contribution is -2.09. The third kappa shape index (κ3) is 3.46. The number of benzene rings is 3. The molecule has 24 heavy (non-hydrogen) atoms. The van der Waals surface area contributed by atoms with Gasteiger partial charge in [0.2, 0.25) is 0 Å². The van der Waals surface area contributed by atoms with Gasteiger partial charge in [0.15, 0.2) is 0 Å². The van der Waals surface area contributed by atoms with Crippen LogP contribution in [0.15, 0.2) is 77.3 Å². The number of anilines is 1. The zero-order chi connectivity index (χ0) is 17.1. The van der Waals surface area contributed by atoms with Crippen molar-refractivity contribution >= 4 is 21.6 Å². The smallest absolute Gasteiger partial charge is 0.120 e. The number of hydrogen-bond acceptors (Lipinski definition) is 2. The van der Waals surface area contributed by atoms with Crippen molar-refractivity contribution < 1.29 is 5.11 Å². The lowest BCUT2D eigenvalue weighted by Gasteiger charge is -2.21. The molecule has 122 valence electrons. The highest BCUT2D eigenvalue weighted by molar-refractivity contribution is 9.10. The number of phenols is 1. The summed E-state index contributed by atoms with van der Waals surface area (Å²) in [5.41, 5.74) is 4.38. The summed E-state index contributed by atoms with van der Waals surface area (Å²) in [6.45, 7) is 0. The predicted molar refractivity (Wildman–Crippen MR) is 104 cm³/mol. The van der Waals surface area contributed by atoms with Crippen LogP contribution in [0.4, 0.5) is 5.69 Å². The molecule has 0 bridgehead atoms. The maximum atomic E-state index is 10.5. The van der Waals surface area contributed by atoms with Crippen molar-refractivity contribution in [2.24, 2.45) is 0 Å². The topological polar surface area (TPSA) is 23.5 Å². The molecule has 2 nitrogen and oxygen atoms in total. The highest BCUT2D eigenvalue weighted by Gasteiger charge is 2.20. The fourth-order valence-electron chi connectivity index (χ4n) is 2.92. The van der Waals surface area contributed by atoms with E-state index in [1.54, 1.807) is 6.07 Å². The molecule has 0 radical (unpaired) electrons. The normalized spacial score (nSPS) is 12.0. The van der Waals surface area contributed by atoms with Crippen LogP contribution < -0.4 is 4.90 Å². The van der Waals surface area contributed by atoms with Gasteiger partial charge >= 0.3 is 0 Å². The summed E-state index contributed by atoms with van der Waals surface area (Å²) < 4.78 is 0.874. The summed E-state index contributed by atoms with van der Waals surface area (Å²) in [7, 11) is 4.06. The first-order valence-corrected chi connectivity index (χ1v) is 8.66. The Morgan fingerprint density at radius 3 is 2.04 bits per heavy atom. The lowest BCUT2D eigenvalue weighted by molar-refractivity contribution is 0.467. The van der Waals surface area contributed by atoms with Crippen LogP contribution in [0.25, 0.3) is 0 Å². The second-order valence-corrected chi connectivity index (χ2v) is 6.95. The van der Waals surface area contributed by atoms with Gasteiger partial charge in [-0.2, -0.15) is 0 Å². The van der Waals surface area contributed by atoms with Crippen LogP contribution in [0, 0.1) is 0 Å². The Morgan fingerprint density at radius 2 is 1.46 bits per heavy atom. The summed E-state index contributed by atoms with van der Waals surface area (Å²) in [5, 5.41) is 10.5. The highest BCUT2D eigenvalue weighted by Crippen LogP contribution is 2.38. The fraction of sp³-hybridized carbons (Fsp3) is 0.143. The van der Waals surface area contributed by atoms with E-state index >= 15 is 0 Å². The van der Waals surface area contributed by atoms with Gasteiger partial charge in [-0.05, 0) is 35.4 Å². The molecule has 0 aliphatic carbocycles. The first-order valence-electron chi connectivity index (χ1n) is 7.87. The minimum Gasteiger partial charge on any atom is -0.508 e. The molecule has 3 aromatic carbocycles. The van der Waals surface area contributed by atoms with Crippen molar-refractivity contribution in [1.29, 1.82) is 0 Å². The number of aromatic hydroxyl groups is 1. The molecule has 3 heteroatoms. The van der Waals surface area contributed by atoms with Gasteiger partial charge in [0.25, 0.3) is 0 Å². The maximum absolute atomic E-state index is 10.5. The zero-order valence-electron chi connectivity index (χ0n) is 13.8. The molecular formula is C21H20BrNO. The van der Waals surface area contributed by atoms with E-state index in [1.807, 2.05) is 44.4 Å². The van der Waals surface area contributed by atoms with E-state index in [1.165, 1.54) is 0 Å².